The van der Waals surface area contributed by atoms with Gasteiger partial charge in [-0.2, -0.15) is 0 Å². The fourth-order valence-corrected chi connectivity index (χ4v) is 2.82. The zero-order chi connectivity index (χ0) is 16.8. The van der Waals surface area contributed by atoms with Crippen molar-refractivity contribution in [2.45, 2.75) is 6.92 Å². The normalized spacial score (nSPS) is 10.2. The first-order valence-electron chi connectivity index (χ1n) is 7.05. The van der Waals surface area contributed by atoms with E-state index in [0.717, 1.165) is 10.2 Å². The molecule has 0 atom stereocenters. The highest BCUT2D eigenvalue weighted by Gasteiger charge is 2.14. The van der Waals surface area contributed by atoms with Crippen molar-refractivity contribution in [2.24, 2.45) is 0 Å². The molecule has 6 heteroatoms. The van der Waals surface area contributed by atoms with E-state index in [1.807, 2.05) is 24.3 Å². The minimum absolute atomic E-state index is 0.0890. The Morgan fingerprint density at radius 3 is 2.57 bits per heavy atom. The molecule has 2 aromatic carbocycles. The summed E-state index contributed by atoms with van der Waals surface area (Å²) < 4.78 is 0.830. The highest BCUT2D eigenvalue weighted by atomic mass is 79.9. The Bertz CT molecular complexity index is 721. The molecule has 0 spiro atoms. The van der Waals surface area contributed by atoms with Crippen LogP contribution in [0.25, 0.3) is 0 Å². The van der Waals surface area contributed by atoms with E-state index in [9.17, 15) is 9.59 Å². The molecule has 0 radical (unpaired) electrons. The summed E-state index contributed by atoms with van der Waals surface area (Å²) in [6.07, 6.45) is 0. The van der Waals surface area contributed by atoms with Crippen molar-refractivity contribution in [1.82, 2.24) is 5.32 Å². The molecule has 23 heavy (non-hydrogen) atoms. The fourth-order valence-electron chi connectivity index (χ4n) is 2.13. The molecule has 120 valence electrons. The highest BCUT2D eigenvalue weighted by molar-refractivity contribution is 9.10. The molecular weight excluding hydrogens is 380 g/mol. The van der Waals surface area contributed by atoms with E-state index in [0.29, 0.717) is 23.7 Å². The van der Waals surface area contributed by atoms with Crippen molar-refractivity contribution < 1.29 is 9.59 Å². The van der Waals surface area contributed by atoms with E-state index >= 15 is 0 Å². The Morgan fingerprint density at radius 2 is 1.91 bits per heavy atom. The van der Waals surface area contributed by atoms with Gasteiger partial charge in [-0.3, -0.25) is 9.59 Å². The zero-order valence-electron chi connectivity index (χ0n) is 12.6. The van der Waals surface area contributed by atoms with Gasteiger partial charge in [0.05, 0.1) is 5.69 Å². The fraction of sp³-hybridized carbons (Fsp3) is 0.176. The molecule has 0 fully saturated rings. The van der Waals surface area contributed by atoms with Gasteiger partial charge in [-0.1, -0.05) is 29.8 Å². The van der Waals surface area contributed by atoms with Crippen LogP contribution in [0.3, 0.4) is 0 Å². The Kier molecular flexibility index (Phi) is 6.19. The van der Waals surface area contributed by atoms with Crippen LogP contribution < -0.4 is 10.2 Å². The van der Waals surface area contributed by atoms with Gasteiger partial charge in [0.1, 0.15) is 0 Å². The largest absolute Gasteiger partial charge is 0.350 e. The molecule has 1 N–H and O–H groups in total. The van der Waals surface area contributed by atoms with Gasteiger partial charge in [-0.15, -0.1) is 0 Å². The number of rotatable bonds is 5. The third-order valence-electron chi connectivity index (χ3n) is 3.23. The average Bonchev–Trinajstić information content (AvgIpc) is 2.52. The van der Waals surface area contributed by atoms with Crippen molar-refractivity contribution in [3.8, 4) is 0 Å². The number of anilines is 1. The van der Waals surface area contributed by atoms with Crippen LogP contribution >= 0.6 is 27.5 Å². The summed E-state index contributed by atoms with van der Waals surface area (Å²) in [7, 11) is 0. The zero-order valence-corrected chi connectivity index (χ0v) is 14.9. The van der Waals surface area contributed by atoms with Crippen molar-refractivity contribution in [3.63, 3.8) is 0 Å². The number of nitrogens with one attached hydrogen (secondary N) is 1. The first-order valence-corrected chi connectivity index (χ1v) is 8.22. The van der Waals surface area contributed by atoms with E-state index in [-0.39, 0.29) is 11.8 Å². The van der Waals surface area contributed by atoms with E-state index in [4.69, 9.17) is 11.6 Å². The first-order chi connectivity index (χ1) is 11.0. The summed E-state index contributed by atoms with van der Waals surface area (Å²) in [4.78, 5) is 25.5. The second kappa shape index (κ2) is 8.13. The minimum Gasteiger partial charge on any atom is -0.350 e. The first kappa shape index (κ1) is 17.5. The monoisotopic (exact) mass is 394 g/mol. The number of nitrogens with zero attached hydrogens (tertiary/aromatic N) is 1. The van der Waals surface area contributed by atoms with Crippen molar-refractivity contribution in [1.29, 1.82) is 0 Å². The number of benzene rings is 2. The summed E-state index contributed by atoms with van der Waals surface area (Å²) in [5.41, 5.74) is 1.27. The molecule has 4 nitrogen and oxygen atoms in total. The molecule has 0 aromatic heterocycles. The third-order valence-corrected chi connectivity index (χ3v) is 4.14. The van der Waals surface area contributed by atoms with Crippen molar-refractivity contribution in [3.05, 3.63) is 63.6 Å². The number of hydrogen-bond acceptors (Lipinski definition) is 2. The number of amides is 2. The Labute approximate surface area is 148 Å². The van der Waals surface area contributed by atoms with Gasteiger partial charge >= 0.3 is 0 Å². The average molecular weight is 396 g/mol. The Hall–Kier alpha value is -1.85. The number of halogens is 2. The van der Waals surface area contributed by atoms with Crippen molar-refractivity contribution in [2.75, 3.05) is 18.0 Å². The van der Waals surface area contributed by atoms with Crippen LogP contribution in [0.1, 0.15) is 17.3 Å². The molecule has 0 aliphatic rings. The van der Waals surface area contributed by atoms with Crippen LogP contribution in [-0.2, 0) is 4.79 Å². The molecule has 0 aliphatic heterocycles. The predicted octanol–water partition coefficient (Wildman–Crippen LogP) is 3.89. The number of para-hydroxylation sites is 1. The third kappa shape index (κ3) is 4.81. The summed E-state index contributed by atoms with van der Waals surface area (Å²) in [6, 6.07) is 14.2. The maximum atomic E-state index is 12.1. The highest BCUT2D eigenvalue weighted by Crippen LogP contribution is 2.25. The van der Waals surface area contributed by atoms with Crippen LogP contribution in [0.15, 0.2) is 53.0 Å². The lowest BCUT2D eigenvalue weighted by atomic mass is 10.2. The summed E-state index contributed by atoms with van der Waals surface area (Å²) in [6.45, 7) is 2.22. The van der Waals surface area contributed by atoms with E-state index in [1.165, 1.54) is 6.92 Å². The molecule has 2 rings (SSSR count). The van der Waals surface area contributed by atoms with Crippen LogP contribution in [0.4, 0.5) is 5.69 Å². The lowest BCUT2D eigenvalue weighted by Gasteiger charge is -2.22. The van der Waals surface area contributed by atoms with Gasteiger partial charge in [0.25, 0.3) is 5.91 Å². The Balaban J connectivity index is 1.99. The maximum absolute atomic E-state index is 12.1. The molecular formula is C17H16BrClN2O2. The summed E-state index contributed by atoms with van der Waals surface area (Å²) >= 11 is 9.31. The predicted molar refractivity (Wildman–Crippen MR) is 96.0 cm³/mol. The smallest absolute Gasteiger partial charge is 0.251 e. The standard InChI is InChI=1S/C17H16BrClN2O2/c1-12(22)21(16-8-3-2-7-15(16)18)10-9-20-17(23)13-5-4-6-14(19)11-13/h2-8,11H,9-10H2,1H3,(H,20,23). The molecule has 0 saturated carbocycles. The van der Waals surface area contributed by atoms with Crippen LogP contribution in [0, 0.1) is 0 Å². The van der Waals surface area contributed by atoms with E-state index in [1.54, 1.807) is 29.2 Å². The second-order valence-electron chi connectivity index (χ2n) is 4.89. The molecule has 0 saturated heterocycles. The van der Waals surface area contributed by atoms with Gasteiger partial charge < -0.3 is 10.2 Å². The summed E-state index contributed by atoms with van der Waals surface area (Å²) in [5.74, 6) is -0.308. The van der Waals surface area contributed by atoms with Gasteiger partial charge in [0, 0.05) is 35.1 Å². The van der Waals surface area contributed by atoms with Gasteiger partial charge in [-0.05, 0) is 46.3 Å². The van der Waals surface area contributed by atoms with Gasteiger partial charge in [0.15, 0.2) is 0 Å². The van der Waals surface area contributed by atoms with E-state index in [2.05, 4.69) is 21.2 Å². The maximum Gasteiger partial charge on any atom is 0.251 e. The molecule has 0 unspecified atom stereocenters. The number of carbonyl (C=O) groups is 2. The SMILES string of the molecule is CC(=O)N(CCNC(=O)c1cccc(Cl)c1)c1ccccc1Br. The Morgan fingerprint density at radius 1 is 1.17 bits per heavy atom. The van der Waals surface area contributed by atoms with Gasteiger partial charge in [0.2, 0.25) is 5.91 Å². The lowest BCUT2D eigenvalue weighted by molar-refractivity contribution is -0.116. The van der Waals surface area contributed by atoms with Crippen molar-refractivity contribution >= 4 is 45.0 Å². The lowest BCUT2D eigenvalue weighted by Crippen LogP contribution is -2.37. The van der Waals surface area contributed by atoms with E-state index < -0.39 is 0 Å². The van der Waals surface area contributed by atoms with Gasteiger partial charge in [-0.25, -0.2) is 0 Å². The molecule has 0 heterocycles. The minimum atomic E-state index is -0.219. The molecule has 2 amide bonds. The molecule has 2 aromatic rings. The molecule has 0 bridgehead atoms. The number of carbonyl (C=O) groups excluding carboxylic acids is 2. The topological polar surface area (TPSA) is 49.4 Å². The van der Waals surface area contributed by atoms with Crippen LogP contribution in [0.5, 0.6) is 0 Å². The van der Waals surface area contributed by atoms with Crippen LogP contribution in [0.2, 0.25) is 5.02 Å². The molecule has 0 aliphatic carbocycles. The van der Waals surface area contributed by atoms with Crippen LogP contribution in [-0.4, -0.2) is 24.9 Å². The summed E-state index contributed by atoms with van der Waals surface area (Å²) in [5, 5.41) is 3.30. The second-order valence-corrected chi connectivity index (χ2v) is 6.18. The number of hydrogen-bond donors (Lipinski definition) is 1. The quantitative estimate of drug-likeness (QED) is 0.835.